The standard InChI is InChI=1S/C19H18FN3O2/c1-19(13-9-12(21)7-8-15(13)20)14-10-16(14)25-18(23-19)22-17(24)11-5-3-2-4-6-11/h2-9,14,16H,10,21H2,1H3,(H,22,23,24)/t14-,16+,19+/m1/s1. The van der Waals surface area contributed by atoms with Gasteiger partial charge in [0.05, 0.1) is 5.54 Å². The lowest BCUT2D eigenvalue weighted by atomic mass is 9.86. The van der Waals surface area contributed by atoms with Gasteiger partial charge < -0.3 is 10.5 Å². The molecule has 6 heteroatoms. The normalized spacial score (nSPS) is 26.9. The maximum absolute atomic E-state index is 14.4. The first kappa shape index (κ1) is 15.6. The zero-order chi connectivity index (χ0) is 17.6. The Morgan fingerprint density at radius 1 is 1.32 bits per heavy atom. The number of hydrogen-bond acceptors (Lipinski definition) is 4. The second-order valence-electron chi connectivity index (χ2n) is 6.62. The minimum Gasteiger partial charge on any atom is -0.461 e. The van der Waals surface area contributed by atoms with Gasteiger partial charge in [-0.05, 0) is 43.7 Å². The molecule has 1 heterocycles. The van der Waals surface area contributed by atoms with Gasteiger partial charge >= 0.3 is 0 Å². The lowest BCUT2D eigenvalue weighted by Gasteiger charge is -2.31. The van der Waals surface area contributed by atoms with Gasteiger partial charge in [-0.3, -0.25) is 10.1 Å². The topological polar surface area (TPSA) is 76.7 Å². The van der Waals surface area contributed by atoms with E-state index in [0.29, 0.717) is 16.8 Å². The average Bonchev–Trinajstić information content (AvgIpc) is 3.38. The average molecular weight is 339 g/mol. The van der Waals surface area contributed by atoms with Crippen LogP contribution in [0.3, 0.4) is 0 Å². The number of hydrogen-bond donors (Lipinski definition) is 2. The largest absolute Gasteiger partial charge is 0.461 e. The highest BCUT2D eigenvalue weighted by molar-refractivity contribution is 6.04. The van der Waals surface area contributed by atoms with Crippen LogP contribution in [0.4, 0.5) is 10.1 Å². The summed E-state index contributed by atoms with van der Waals surface area (Å²) in [5.74, 6) is -0.600. The van der Waals surface area contributed by atoms with Gasteiger partial charge in [-0.2, -0.15) is 0 Å². The van der Waals surface area contributed by atoms with Crippen LogP contribution in [0, 0.1) is 11.7 Å². The van der Waals surface area contributed by atoms with Crippen LogP contribution >= 0.6 is 0 Å². The number of amides is 1. The number of nitrogens with two attached hydrogens (primary N) is 1. The summed E-state index contributed by atoms with van der Waals surface area (Å²) in [6, 6.07) is 13.4. The number of carbonyl (C=O) groups is 1. The molecular formula is C19H18FN3O2. The number of nitrogens with one attached hydrogen (secondary N) is 1. The summed E-state index contributed by atoms with van der Waals surface area (Å²) in [6.45, 7) is 1.85. The molecule has 0 unspecified atom stereocenters. The van der Waals surface area contributed by atoms with E-state index in [-0.39, 0.29) is 29.8 Å². The summed E-state index contributed by atoms with van der Waals surface area (Å²) >= 11 is 0. The third-order valence-corrected chi connectivity index (χ3v) is 4.84. The van der Waals surface area contributed by atoms with Crippen molar-refractivity contribution in [1.29, 1.82) is 0 Å². The summed E-state index contributed by atoms with van der Waals surface area (Å²) in [5.41, 5.74) is 6.42. The van der Waals surface area contributed by atoms with Crippen LogP contribution in [0.1, 0.15) is 29.3 Å². The molecule has 2 aromatic carbocycles. The van der Waals surface area contributed by atoms with E-state index in [1.807, 2.05) is 13.0 Å². The molecule has 1 aliphatic heterocycles. The number of benzene rings is 2. The van der Waals surface area contributed by atoms with Gasteiger partial charge in [0.25, 0.3) is 11.9 Å². The van der Waals surface area contributed by atoms with E-state index in [1.54, 1.807) is 30.3 Å². The highest BCUT2D eigenvalue weighted by Gasteiger charge is 2.57. The fraction of sp³-hybridized carbons (Fsp3) is 0.263. The zero-order valence-electron chi connectivity index (χ0n) is 13.7. The van der Waals surface area contributed by atoms with Crippen molar-refractivity contribution in [2.45, 2.75) is 25.0 Å². The van der Waals surface area contributed by atoms with Gasteiger partial charge in [-0.15, -0.1) is 0 Å². The molecule has 128 valence electrons. The molecule has 3 atom stereocenters. The minimum atomic E-state index is -0.818. The van der Waals surface area contributed by atoms with E-state index in [4.69, 9.17) is 10.5 Å². The van der Waals surface area contributed by atoms with Crippen molar-refractivity contribution in [1.82, 2.24) is 5.32 Å². The van der Waals surface area contributed by atoms with Crippen molar-refractivity contribution in [3.63, 3.8) is 0 Å². The van der Waals surface area contributed by atoms with Crippen molar-refractivity contribution in [2.24, 2.45) is 10.9 Å². The van der Waals surface area contributed by atoms with Gasteiger partial charge in [-0.1, -0.05) is 18.2 Å². The maximum Gasteiger partial charge on any atom is 0.292 e. The molecule has 0 saturated heterocycles. The number of carbonyl (C=O) groups excluding carboxylic acids is 1. The van der Waals surface area contributed by atoms with Crippen LogP contribution in [0.15, 0.2) is 53.5 Å². The van der Waals surface area contributed by atoms with Crippen LogP contribution in [0.5, 0.6) is 0 Å². The first-order valence-corrected chi connectivity index (χ1v) is 8.16. The van der Waals surface area contributed by atoms with E-state index in [1.165, 1.54) is 12.1 Å². The molecule has 5 nitrogen and oxygen atoms in total. The van der Waals surface area contributed by atoms with E-state index in [9.17, 15) is 9.18 Å². The number of aliphatic imine (C=N–C) groups is 1. The molecule has 0 spiro atoms. The summed E-state index contributed by atoms with van der Waals surface area (Å²) in [6.07, 6.45) is 0.688. The smallest absolute Gasteiger partial charge is 0.292 e. The second-order valence-corrected chi connectivity index (χ2v) is 6.62. The fourth-order valence-electron chi connectivity index (χ4n) is 3.36. The summed E-state index contributed by atoms with van der Waals surface area (Å²) < 4.78 is 20.1. The zero-order valence-corrected chi connectivity index (χ0v) is 13.7. The Kier molecular flexibility index (Phi) is 3.49. The Bertz CT molecular complexity index is 868. The number of fused-ring (bicyclic) bond motifs is 1. The first-order chi connectivity index (χ1) is 12.0. The SMILES string of the molecule is C[C@@]1(c2cc(N)ccc2F)N=C(NC(=O)c2ccccc2)O[C@H]2C[C@H]21. The summed E-state index contributed by atoms with van der Waals surface area (Å²) in [5, 5.41) is 2.69. The van der Waals surface area contributed by atoms with Gasteiger partial charge in [0, 0.05) is 22.7 Å². The summed E-state index contributed by atoms with van der Waals surface area (Å²) in [7, 11) is 0. The minimum absolute atomic E-state index is 0.0705. The molecule has 2 aliphatic rings. The molecule has 1 amide bonds. The summed E-state index contributed by atoms with van der Waals surface area (Å²) in [4.78, 5) is 16.9. The highest BCUT2D eigenvalue weighted by Crippen LogP contribution is 2.53. The van der Waals surface area contributed by atoms with Crippen LogP contribution in [0.2, 0.25) is 0 Å². The number of rotatable bonds is 2. The molecule has 1 aliphatic carbocycles. The van der Waals surface area contributed by atoms with Gasteiger partial charge in [0.15, 0.2) is 0 Å². The molecule has 0 radical (unpaired) electrons. The first-order valence-electron chi connectivity index (χ1n) is 8.16. The van der Waals surface area contributed by atoms with Gasteiger partial charge in [0.2, 0.25) is 0 Å². The van der Waals surface area contributed by atoms with E-state index >= 15 is 0 Å². The molecule has 2 aromatic rings. The lowest BCUT2D eigenvalue weighted by molar-refractivity contribution is 0.0956. The van der Waals surface area contributed by atoms with Crippen LogP contribution in [-0.2, 0) is 10.3 Å². The van der Waals surface area contributed by atoms with Crippen molar-refractivity contribution < 1.29 is 13.9 Å². The molecule has 1 fully saturated rings. The Morgan fingerprint density at radius 2 is 2.08 bits per heavy atom. The third-order valence-electron chi connectivity index (χ3n) is 4.84. The number of anilines is 1. The van der Waals surface area contributed by atoms with Crippen molar-refractivity contribution in [3.05, 3.63) is 65.5 Å². The van der Waals surface area contributed by atoms with Crippen molar-refractivity contribution in [3.8, 4) is 0 Å². The fourth-order valence-corrected chi connectivity index (χ4v) is 3.36. The molecule has 0 aromatic heterocycles. The quantitative estimate of drug-likeness (QED) is 0.826. The Morgan fingerprint density at radius 3 is 2.84 bits per heavy atom. The van der Waals surface area contributed by atoms with Crippen LogP contribution in [-0.4, -0.2) is 18.0 Å². The molecular weight excluding hydrogens is 321 g/mol. The molecule has 1 saturated carbocycles. The Labute approximate surface area is 144 Å². The molecule has 0 bridgehead atoms. The highest BCUT2D eigenvalue weighted by atomic mass is 19.1. The third kappa shape index (κ3) is 2.73. The van der Waals surface area contributed by atoms with E-state index in [2.05, 4.69) is 10.3 Å². The van der Waals surface area contributed by atoms with Crippen molar-refractivity contribution in [2.75, 3.05) is 5.73 Å². The Hall–Kier alpha value is -2.89. The maximum atomic E-state index is 14.4. The molecule has 3 N–H and O–H groups in total. The molecule has 25 heavy (non-hydrogen) atoms. The number of nitrogens with zero attached hydrogens (tertiary/aromatic N) is 1. The number of halogens is 1. The van der Waals surface area contributed by atoms with Crippen molar-refractivity contribution >= 4 is 17.6 Å². The van der Waals surface area contributed by atoms with Crippen LogP contribution < -0.4 is 11.1 Å². The van der Waals surface area contributed by atoms with Crippen LogP contribution in [0.25, 0.3) is 0 Å². The number of ether oxygens (including phenoxy) is 1. The number of amidine groups is 1. The lowest BCUT2D eigenvalue weighted by Crippen LogP contribution is -2.41. The van der Waals surface area contributed by atoms with E-state index in [0.717, 1.165) is 6.42 Å². The number of nitrogen functional groups attached to an aromatic ring is 1. The van der Waals surface area contributed by atoms with Gasteiger partial charge in [0.1, 0.15) is 11.9 Å². The predicted molar refractivity (Wildman–Crippen MR) is 92.5 cm³/mol. The molecule has 4 rings (SSSR count). The predicted octanol–water partition coefficient (Wildman–Crippen LogP) is 2.83. The van der Waals surface area contributed by atoms with Gasteiger partial charge in [-0.25, -0.2) is 9.38 Å². The second kappa shape index (κ2) is 5.58. The van der Waals surface area contributed by atoms with E-state index < -0.39 is 5.54 Å². The Balaban J connectivity index is 1.66. The monoisotopic (exact) mass is 339 g/mol.